The van der Waals surface area contributed by atoms with Gasteiger partial charge in [-0.25, -0.2) is 0 Å². The molecule has 1 atom stereocenters. The topological polar surface area (TPSA) is 67.7 Å². The second kappa shape index (κ2) is 6.70. The molecule has 1 saturated heterocycles. The molecule has 7 nitrogen and oxygen atoms in total. The molecule has 1 fully saturated rings. The molecular weight excluding hydrogens is 296 g/mol. The van der Waals surface area contributed by atoms with Gasteiger partial charge in [0.25, 0.3) is 0 Å². The highest BCUT2D eigenvalue weighted by atomic mass is 16.5. The van der Waals surface area contributed by atoms with Gasteiger partial charge in [0.15, 0.2) is 0 Å². The average Bonchev–Trinajstić information content (AvgIpc) is 3.03. The molecule has 0 bridgehead atoms. The van der Waals surface area contributed by atoms with E-state index < -0.39 is 0 Å². The lowest BCUT2D eigenvalue weighted by Crippen LogP contribution is -2.46. The summed E-state index contributed by atoms with van der Waals surface area (Å²) in [4.78, 5) is 28.6. The third kappa shape index (κ3) is 3.39. The molecular formula is C16H24N4O3. The maximum atomic E-state index is 12.5. The van der Waals surface area contributed by atoms with Crippen LogP contribution in [0, 0.1) is 5.92 Å². The Kier molecular flexibility index (Phi) is 4.66. The van der Waals surface area contributed by atoms with Crippen LogP contribution in [0.15, 0.2) is 12.3 Å². The number of amides is 2. The first-order valence-electron chi connectivity index (χ1n) is 8.23. The van der Waals surface area contributed by atoms with Gasteiger partial charge in [-0.3, -0.25) is 14.3 Å². The lowest BCUT2D eigenvalue weighted by atomic mass is 10.1. The number of morpholine rings is 1. The maximum Gasteiger partial charge on any atom is 0.225 e. The van der Waals surface area contributed by atoms with Crippen molar-refractivity contribution in [3.05, 3.63) is 18.0 Å². The lowest BCUT2D eigenvalue weighted by molar-refractivity contribution is -0.140. The van der Waals surface area contributed by atoms with E-state index in [-0.39, 0.29) is 23.8 Å². The zero-order chi connectivity index (χ0) is 16.4. The quantitative estimate of drug-likeness (QED) is 0.821. The Labute approximate surface area is 136 Å². The van der Waals surface area contributed by atoms with E-state index in [4.69, 9.17) is 4.74 Å². The second-order valence-corrected chi connectivity index (χ2v) is 6.49. The Hall–Kier alpha value is -1.89. The van der Waals surface area contributed by atoms with Crippen LogP contribution < -0.4 is 0 Å². The molecule has 0 unspecified atom stereocenters. The second-order valence-electron chi connectivity index (χ2n) is 6.49. The van der Waals surface area contributed by atoms with Crippen molar-refractivity contribution in [2.75, 3.05) is 32.8 Å². The SMILES string of the molecule is CC(C)C(=O)N1Cc2ccnn2[C@H](CC(=O)N2CCOCC2)C1. The van der Waals surface area contributed by atoms with Crippen molar-refractivity contribution in [2.45, 2.75) is 32.9 Å². The van der Waals surface area contributed by atoms with E-state index in [1.54, 1.807) is 6.20 Å². The van der Waals surface area contributed by atoms with E-state index >= 15 is 0 Å². The summed E-state index contributed by atoms with van der Waals surface area (Å²) in [6, 6.07) is 1.83. The summed E-state index contributed by atoms with van der Waals surface area (Å²) in [5.74, 6) is 0.194. The van der Waals surface area contributed by atoms with Crippen LogP contribution in [0.5, 0.6) is 0 Å². The highest BCUT2D eigenvalue weighted by Gasteiger charge is 2.32. The molecule has 1 aromatic heterocycles. The normalized spacial score (nSPS) is 21.4. The summed E-state index contributed by atoms with van der Waals surface area (Å²) in [5, 5.41) is 4.36. The van der Waals surface area contributed by atoms with Crippen LogP contribution in [0.4, 0.5) is 0 Å². The van der Waals surface area contributed by atoms with Crippen LogP contribution in [0.3, 0.4) is 0 Å². The average molecular weight is 320 g/mol. The predicted octanol–water partition coefficient (Wildman–Crippen LogP) is 0.671. The lowest BCUT2D eigenvalue weighted by Gasteiger charge is -2.36. The molecule has 7 heteroatoms. The minimum absolute atomic E-state index is 0.0416. The van der Waals surface area contributed by atoms with Crippen molar-refractivity contribution in [1.82, 2.24) is 19.6 Å². The molecule has 0 saturated carbocycles. The Morgan fingerprint density at radius 1 is 1.30 bits per heavy atom. The van der Waals surface area contributed by atoms with Gasteiger partial charge >= 0.3 is 0 Å². The van der Waals surface area contributed by atoms with Gasteiger partial charge in [-0.15, -0.1) is 0 Å². The van der Waals surface area contributed by atoms with E-state index in [2.05, 4.69) is 5.10 Å². The van der Waals surface area contributed by atoms with Gasteiger partial charge in [0.1, 0.15) is 0 Å². The molecule has 2 aliphatic rings. The largest absolute Gasteiger partial charge is 0.378 e. The van der Waals surface area contributed by atoms with Gasteiger partial charge in [-0.1, -0.05) is 13.8 Å². The number of aromatic nitrogens is 2. The standard InChI is InChI=1S/C16H24N4O3/c1-12(2)16(22)19-10-13-3-4-17-20(13)14(11-19)9-15(21)18-5-7-23-8-6-18/h3-4,12,14H,5-11H2,1-2H3/t14-/m1/s1. The molecule has 0 aromatic carbocycles. The van der Waals surface area contributed by atoms with E-state index in [1.807, 2.05) is 34.4 Å². The van der Waals surface area contributed by atoms with Gasteiger partial charge in [-0.2, -0.15) is 5.10 Å². The summed E-state index contributed by atoms with van der Waals surface area (Å²) < 4.78 is 7.20. The fraction of sp³-hybridized carbons (Fsp3) is 0.688. The fourth-order valence-electron chi connectivity index (χ4n) is 3.21. The molecule has 0 aliphatic carbocycles. The number of nitrogens with zero attached hydrogens (tertiary/aromatic N) is 4. The molecule has 3 heterocycles. The molecule has 3 rings (SSSR count). The molecule has 0 spiro atoms. The summed E-state index contributed by atoms with van der Waals surface area (Å²) in [5.41, 5.74) is 0.991. The molecule has 0 radical (unpaired) electrons. The summed E-state index contributed by atoms with van der Waals surface area (Å²) in [7, 11) is 0. The third-order valence-corrected chi connectivity index (χ3v) is 4.46. The van der Waals surface area contributed by atoms with Gasteiger partial charge in [0.05, 0.1) is 37.9 Å². The van der Waals surface area contributed by atoms with Crippen molar-refractivity contribution in [2.24, 2.45) is 5.92 Å². The molecule has 2 amide bonds. The Balaban J connectivity index is 1.72. The van der Waals surface area contributed by atoms with Gasteiger partial charge in [-0.05, 0) is 6.07 Å². The Bertz CT molecular complexity index is 578. The Morgan fingerprint density at radius 3 is 2.74 bits per heavy atom. The van der Waals surface area contributed by atoms with Gasteiger partial charge < -0.3 is 14.5 Å². The Morgan fingerprint density at radius 2 is 2.04 bits per heavy atom. The minimum atomic E-state index is -0.0909. The van der Waals surface area contributed by atoms with Gasteiger partial charge in [0, 0.05) is 31.7 Å². The number of ether oxygens (including phenoxy) is 1. The summed E-state index contributed by atoms with van der Waals surface area (Å²) in [6.07, 6.45) is 2.11. The number of rotatable bonds is 3. The fourth-order valence-corrected chi connectivity index (χ4v) is 3.21. The van der Waals surface area contributed by atoms with Crippen molar-refractivity contribution < 1.29 is 14.3 Å². The van der Waals surface area contributed by atoms with Crippen LogP contribution in [-0.4, -0.2) is 64.2 Å². The number of carbonyl (C=O) groups is 2. The van der Waals surface area contributed by atoms with Crippen LogP contribution >= 0.6 is 0 Å². The highest BCUT2D eigenvalue weighted by Crippen LogP contribution is 2.25. The molecule has 0 N–H and O–H groups in total. The predicted molar refractivity (Wildman–Crippen MR) is 83.5 cm³/mol. The van der Waals surface area contributed by atoms with Crippen molar-refractivity contribution in [3.63, 3.8) is 0 Å². The van der Waals surface area contributed by atoms with Crippen molar-refractivity contribution in [1.29, 1.82) is 0 Å². The van der Waals surface area contributed by atoms with Crippen LogP contribution in [0.25, 0.3) is 0 Å². The van der Waals surface area contributed by atoms with Crippen LogP contribution in [0.2, 0.25) is 0 Å². The van der Waals surface area contributed by atoms with Crippen LogP contribution in [-0.2, 0) is 20.9 Å². The van der Waals surface area contributed by atoms with E-state index in [1.165, 1.54) is 0 Å². The smallest absolute Gasteiger partial charge is 0.225 e. The number of hydrogen-bond acceptors (Lipinski definition) is 4. The summed E-state index contributed by atoms with van der Waals surface area (Å²) >= 11 is 0. The number of carbonyl (C=O) groups excluding carboxylic acids is 2. The molecule has 23 heavy (non-hydrogen) atoms. The van der Waals surface area contributed by atoms with E-state index in [0.29, 0.717) is 45.8 Å². The molecule has 2 aliphatic heterocycles. The molecule has 126 valence electrons. The first kappa shape index (κ1) is 16.0. The summed E-state index contributed by atoms with van der Waals surface area (Å²) in [6.45, 7) is 7.41. The highest BCUT2D eigenvalue weighted by molar-refractivity contribution is 5.79. The minimum Gasteiger partial charge on any atom is -0.378 e. The van der Waals surface area contributed by atoms with E-state index in [9.17, 15) is 9.59 Å². The third-order valence-electron chi connectivity index (χ3n) is 4.46. The van der Waals surface area contributed by atoms with E-state index in [0.717, 1.165) is 5.69 Å². The van der Waals surface area contributed by atoms with Gasteiger partial charge in [0.2, 0.25) is 11.8 Å². The molecule has 1 aromatic rings. The monoisotopic (exact) mass is 320 g/mol. The maximum absolute atomic E-state index is 12.5. The number of hydrogen-bond donors (Lipinski definition) is 0. The van der Waals surface area contributed by atoms with Crippen molar-refractivity contribution >= 4 is 11.8 Å². The number of fused-ring (bicyclic) bond motifs is 1. The zero-order valence-electron chi connectivity index (χ0n) is 13.8. The zero-order valence-corrected chi connectivity index (χ0v) is 13.8. The van der Waals surface area contributed by atoms with Crippen molar-refractivity contribution in [3.8, 4) is 0 Å². The first-order valence-corrected chi connectivity index (χ1v) is 8.23. The van der Waals surface area contributed by atoms with Crippen LogP contribution in [0.1, 0.15) is 32.0 Å². The first-order chi connectivity index (χ1) is 11.1.